The van der Waals surface area contributed by atoms with Gasteiger partial charge in [0, 0.05) is 6.07 Å². The van der Waals surface area contributed by atoms with Crippen molar-refractivity contribution >= 4 is 32.6 Å². The number of nitrogens with one attached hydrogen (secondary N) is 1. The lowest BCUT2D eigenvalue weighted by Gasteiger charge is -2.03. The number of benzene rings is 1. The first-order valence-corrected chi connectivity index (χ1v) is 7.82. The molecule has 2 aromatic heterocycles. The number of aryl methyl sites for hydroxylation is 1. The quantitative estimate of drug-likeness (QED) is 0.794. The van der Waals surface area contributed by atoms with Crippen molar-refractivity contribution in [3.63, 3.8) is 0 Å². The van der Waals surface area contributed by atoms with Crippen molar-refractivity contribution < 1.29 is 13.9 Å². The monoisotopic (exact) mass is 330 g/mol. The number of rotatable bonds is 4. The summed E-state index contributed by atoms with van der Waals surface area (Å²) in [6, 6.07) is 6.96. The lowest BCUT2D eigenvalue weighted by atomic mass is 10.2. The molecule has 1 amide bonds. The molecule has 3 rings (SSSR count). The van der Waals surface area contributed by atoms with Gasteiger partial charge < -0.3 is 9.15 Å². The Morgan fingerprint density at radius 1 is 1.39 bits per heavy atom. The second-order valence-electron chi connectivity index (χ2n) is 4.85. The zero-order valence-corrected chi connectivity index (χ0v) is 13.4. The summed E-state index contributed by atoms with van der Waals surface area (Å²) in [5, 5.41) is 3.09. The summed E-state index contributed by atoms with van der Waals surface area (Å²) in [4.78, 5) is 28.3. The summed E-state index contributed by atoms with van der Waals surface area (Å²) >= 11 is 1.36. The standard InChI is InChI=1S/C16H14N2O4S/c1-3-21-13-8-22-12(7-11(13)19)15(20)18-16-17-10-5-4-9(2)6-14(10)23-16/h4-8H,3H2,1-2H3,(H,17,18,20). The molecular formula is C16H14N2O4S. The fourth-order valence-corrected chi connectivity index (χ4v) is 2.98. The number of aromatic nitrogens is 1. The van der Waals surface area contributed by atoms with E-state index in [9.17, 15) is 9.59 Å². The van der Waals surface area contributed by atoms with Crippen LogP contribution in [0, 0.1) is 6.92 Å². The van der Waals surface area contributed by atoms with Crippen LogP contribution in [-0.4, -0.2) is 17.5 Å². The van der Waals surface area contributed by atoms with Gasteiger partial charge in [-0.1, -0.05) is 17.4 Å². The molecule has 3 aromatic rings. The maximum atomic E-state index is 12.2. The average Bonchev–Trinajstić information content (AvgIpc) is 2.90. The van der Waals surface area contributed by atoms with Crippen LogP contribution in [0.15, 0.2) is 39.7 Å². The molecule has 0 unspecified atom stereocenters. The smallest absolute Gasteiger partial charge is 0.293 e. The molecule has 0 saturated heterocycles. The molecule has 1 N–H and O–H groups in total. The van der Waals surface area contributed by atoms with Gasteiger partial charge in [0.05, 0.1) is 16.8 Å². The molecule has 0 aliphatic heterocycles. The molecule has 0 atom stereocenters. The molecule has 2 heterocycles. The number of anilines is 1. The average molecular weight is 330 g/mol. The van der Waals surface area contributed by atoms with Gasteiger partial charge in [-0.2, -0.15) is 0 Å². The normalized spacial score (nSPS) is 10.7. The number of fused-ring (bicyclic) bond motifs is 1. The first-order valence-electron chi connectivity index (χ1n) is 7.01. The zero-order valence-electron chi connectivity index (χ0n) is 12.6. The molecule has 23 heavy (non-hydrogen) atoms. The Kier molecular flexibility index (Phi) is 4.12. The summed E-state index contributed by atoms with van der Waals surface area (Å²) in [5.41, 5.74) is 1.53. The predicted octanol–water partition coefficient (Wildman–Crippen LogP) is 3.21. The lowest BCUT2D eigenvalue weighted by Crippen LogP contribution is -2.15. The molecule has 7 heteroatoms. The molecule has 0 fully saturated rings. The minimum atomic E-state index is -0.527. The lowest BCUT2D eigenvalue weighted by molar-refractivity contribution is 0.0993. The first kappa shape index (κ1) is 15.2. The van der Waals surface area contributed by atoms with E-state index in [4.69, 9.17) is 9.15 Å². The highest BCUT2D eigenvalue weighted by Crippen LogP contribution is 2.27. The highest BCUT2D eigenvalue weighted by Gasteiger charge is 2.14. The van der Waals surface area contributed by atoms with Crippen molar-refractivity contribution in [2.45, 2.75) is 13.8 Å². The van der Waals surface area contributed by atoms with E-state index in [1.54, 1.807) is 6.92 Å². The Hall–Kier alpha value is -2.67. The number of ether oxygens (including phenoxy) is 1. The van der Waals surface area contributed by atoms with E-state index in [0.29, 0.717) is 11.7 Å². The van der Waals surface area contributed by atoms with Crippen LogP contribution in [0.3, 0.4) is 0 Å². The summed E-state index contributed by atoms with van der Waals surface area (Å²) in [5.74, 6) is -0.533. The summed E-state index contributed by atoms with van der Waals surface area (Å²) < 4.78 is 11.2. The van der Waals surface area contributed by atoms with E-state index in [2.05, 4.69) is 10.3 Å². The van der Waals surface area contributed by atoms with Gasteiger partial charge >= 0.3 is 0 Å². The van der Waals surface area contributed by atoms with Crippen molar-refractivity contribution in [3.8, 4) is 5.75 Å². The maximum Gasteiger partial charge on any atom is 0.293 e. The Morgan fingerprint density at radius 2 is 2.22 bits per heavy atom. The highest BCUT2D eigenvalue weighted by molar-refractivity contribution is 7.22. The third-order valence-electron chi connectivity index (χ3n) is 3.09. The van der Waals surface area contributed by atoms with Crippen LogP contribution < -0.4 is 15.5 Å². The summed E-state index contributed by atoms with van der Waals surface area (Å²) in [7, 11) is 0. The van der Waals surface area contributed by atoms with Gasteiger partial charge in [-0.25, -0.2) is 4.98 Å². The fourth-order valence-electron chi connectivity index (χ4n) is 2.02. The van der Waals surface area contributed by atoms with Crippen LogP contribution in [0.2, 0.25) is 0 Å². The van der Waals surface area contributed by atoms with Gasteiger partial charge in [-0.15, -0.1) is 0 Å². The second-order valence-corrected chi connectivity index (χ2v) is 5.88. The number of thiazole rings is 1. The van der Waals surface area contributed by atoms with E-state index in [0.717, 1.165) is 28.1 Å². The molecule has 0 radical (unpaired) electrons. The minimum Gasteiger partial charge on any atom is -0.487 e. The Balaban J connectivity index is 1.82. The van der Waals surface area contributed by atoms with E-state index in [1.165, 1.54) is 11.3 Å². The Morgan fingerprint density at radius 3 is 2.96 bits per heavy atom. The van der Waals surface area contributed by atoms with Gasteiger partial charge in [0.2, 0.25) is 11.2 Å². The van der Waals surface area contributed by atoms with E-state index in [-0.39, 0.29) is 11.5 Å². The molecule has 6 nitrogen and oxygen atoms in total. The van der Waals surface area contributed by atoms with Gasteiger partial charge in [0.1, 0.15) is 6.26 Å². The predicted molar refractivity (Wildman–Crippen MR) is 88.5 cm³/mol. The molecule has 118 valence electrons. The fraction of sp³-hybridized carbons (Fsp3) is 0.188. The van der Waals surface area contributed by atoms with E-state index in [1.807, 2.05) is 25.1 Å². The third-order valence-corrected chi connectivity index (χ3v) is 4.02. The van der Waals surface area contributed by atoms with Crippen LogP contribution >= 0.6 is 11.3 Å². The highest BCUT2D eigenvalue weighted by atomic mass is 32.1. The van der Waals surface area contributed by atoms with Crippen molar-refractivity contribution in [1.29, 1.82) is 0 Å². The molecule has 0 bridgehead atoms. The largest absolute Gasteiger partial charge is 0.487 e. The van der Waals surface area contributed by atoms with Crippen molar-refractivity contribution in [1.82, 2.24) is 4.98 Å². The van der Waals surface area contributed by atoms with E-state index < -0.39 is 11.3 Å². The van der Waals surface area contributed by atoms with Crippen molar-refractivity contribution in [3.05, 3.63) is 52.1 Å². The van der Waals surface area contributed by atoms with Crippen LogP contribution in [0.5, 0.6) is 5.75 Å². The number of hydrogen-bond acceptors (Lipinski definition) is 6. The number of nitrogens with zero attached hydrogens (tertiary/aromatic N) is 1. The molecule has 0 saturated carbocycles. The molecule has 0 spiro atoms. The minimum absolute atomic E-state index is 0.0829. The molecule has 0 aliphatic rings. The number of carbonyl (C=O) groups is 1. The number of carbonyl (C=O) groups excluding carboxylic acids is 1. The second kappa shape index (κ2) is 6.21. The number of amides is 1. The van der Waals surface area contributed by atoms with Gasteiger partial charge in [0.25, 0.3) is 5.91 Å². The van der Waals surface area contributed by atoms with Crippen LogP contribution in [0.25, 0.3) is 10.2 Å². The topological polar surface area (TPSA) is 81.4 Å². The van der Waals surface area contributed by atoms with Gasteiger partial charge in [0.15, 0.2) is 10.9 Å². The molecule has 1 aromatic carbocycles. The van der Waals surface area contributed by atoms with Crippen LogP contribution in [0.1, 0.15) is 23.0 Å². The summed E-state index contributed by atoms with van der Waals surface area (Å²) in [6.07, 6.45) is 1.14. The van der Waals surface area contributed by atoms with Gasteiger partial charge in [-0.3, -0.25) is 14.9 Å². The summed E-state index contributed by atoms with van der Waals surface area (Å²) in [6.45, 7) is 4.10. The molecular weight excluding hydrogens is 316 g/mol. The Labute approximate surface area is 135 Å². The van der Waals surface area contributed by atoms with Crippen LogP contribution in [-0.2, 0) is 0 Å². The first-order chi connectivity index (χ1) is 11.1. The Bertz CT molecular complexity index is 929. The zero-order chi connectivity index (χ0) is 16.4. The SMILES string of the molecule is CCOc1coc(C(=O)Nc2nc3ccc(C)cc3s2)cc1=O. The van der Waals surface area contributed by atoms with Crippen LogP contribution in [0.4, 0.5) is 5.13 Å². The number of hydrogen-bond donors (Lipinski definition) is 1. The van der Waals surface area contributed by atoms with Gasteiger partial charge in [-0.05, 0) is 31.5 Å². The molecule has 0 aliphatic carbocycles. The van der Waals surface area contributed by atoms with E-state index >= 15 is 0 Å². The third kappa shape index (κ3) is 3.24. The van der Waals surface area contributed by atoms with Crippen molar-refractivity contribution in [2.75, 3.05) is 11.9 Å². The van der Waals surface area contributed by atoms with Crippen molar-refractivity contribution in [2.24, 2.45) is 0 Å². The maximum absolute atomic E-state index is 12.2.